The van der Waals surface area contributed by atoms with E-state index in [0.29, 0.717) is 0 Å². The summed E-state index contributed by atoms with van der Waals surface area (Å²) in [7, 11) is 1.88. The lowest BCUT2D eigenvalue weighted by molar-refractivity contribution is -0.114. The van der Waals surface area contributed by atoms with Crippen molar-refractivity contribution in [2.75, 3.05) is 12.4 Å². The highest BCUT2D eigenvalue weighted by Crippen LogP contribution is 2.38. The number of unbranched alkanes of at least 4 members (excludes halogenated alkanes) is 1. The molecular weight excluding hydrogens is 426 g/mol. The highest BCUT2D eigenvalue weighted by molar-refractivity contribution is 7.80. The van der Waals surface area contributed by atoms with Crippen LogP contribution in [0.2, 0.25) is 0 Å². The maximum absolute atomic E-state index is 11.4. The number of rotatable bonds is 11. The number of benzene rings is 2. The SMILES string of the molecule is CCCCC(C=O)Oc1ccc(C(C)(C)CC)cc1C(C)(C)CC.CNc1ccccc1S. The molecule has 0 aliphatic rings. The van der Waals surface area contributed by atoms with Gasteiger partial charge in [-0.15, -0.1) is 12.6 Å². The van der Waals surface area contributed by atoms with Crippen molar-refractivity contribution in [1.29, 1.82) is 0 Å². The van der Waals surface area contributed by atoms with Crippen molar-refractivity contribution in [3.63, 3.8) is 0 Å². The van der Waals surface area contributed by atoms with Crippen LogP contribution >= 0.6 is 12.6 Å². The van der Waals surface area contributed by atoms with E-state index < -0.39 is 0 Å². The highest BCUT2D eigenvalue weighted by atomic mass is 32.1. The molecule has 1 unspecified atom stereocenters. The van der Waals surface area contributed by atoms with Gasteiger partial charge in [0.2, 0.25) is 0 Å². The molecule has 2 aromatic carbocycles. The first-order valence-electron chi connectivity index (χ1n) is 12.3. The van der Waals surface area contributed by atoms with Gasteiger partial charge in [-0.05, 0) is 60.3 Å². The van der Waals surface area contributed by atoms with E-state index in [1.807, 2.05) is 31.3 Å². The Morgan fingerprint density at radius 2 is 1.64 bits per heavy atom. The molecule has 0 fully saturated rings. The van der Waals surface area contributed by atoms with E-state index in [1.165, 1.54) is 11.1 Å². The van der Waals surface area contributed by atoms with Gasteiger partial charge in [0.1, 0.15) is 5.75 Å². The van der Waals surface area contributed by atoms with Gasteiger partial charge >= 0.3 is 0 Å². The van der Waals surface area contributed by atoms with Gasteiger partial charge in [-0.25, -0.2) is 0 Å². The predicted octanol–water partition coefficient (Wildman–Crippen LogP) is 8.22. The topological polar surface area (TPSA) is 38.3 Å². The Balaban J connectivity index is 0.000000502. The second kappa shape index (κ2) is 13.7. The molecule has 1 N–H and O–H groups in total. The average molecular weight is 472 g/mol. The van der Waals surface area contributed by atoms with Crippen LogP contribution in [0.5, 0.6) is 5.75 Å². The van der Waals surface area contributed by atoms with Crippen molar-refractivity contribution in [2.24, 2.45) is 0 Å². The Kier molecular flexibility index (Phi) is 12.1. The Morgan fingerprint density at radius 3 is 2.12 bits per heavy atom. The van der Waals surface area contributed by atoms with Crippen LogP contribution in [-0.2, 0) is 15.6 Å². The van der Waals surface area contributed by atoms with Crippen LogP contribution in [-0.4, -0.2) is 19.4 Å². The molecule has 0 aliphatic heterocycles. The Labute approximate surface area is 208 Å². The number of thiol groups is 1. The summed E-state index contributed by atoms with van der Waals surface area (Å²) in [5.74, 6) is 0.866. The van der Waals surface area contributed by atoms with Gasteiger partial charge < -0.3 is 10.1 Å². The quantitative estimate of drug-likeness (QED) is 0.256. The van der Waals surface area contributed by atoms with Gasteiger partial charge in [-0.2, -0.15) is 0 Å². The van der Waals surface area contributed by atoms with E-state index in [2.05, 4.69) is 84.6 Å². The van der Waals surface area contributed by atoms with Crippen molar-refractivity contribution in [2.45, 2.75) is 102 Å². The number of carbonyl (C=O) groups is 1. The molecule has 4 heteroatoms. The van der Waals surface area contributed by atoms with E-state index in [4.69, 9.17) is 4.74 Å². The molecule has 2 rings (SSSR count). The van der Waals surface area contributed by atoms with Crippen LogP contribution in [0.25, 0.3) is 0 Å². The number of hydrogen-bond acceptors (Lipinski definition) is 4. The fourth-order valence-electron chi connectivity index (χ4n) is 3.39. The molecule has 3 nitrogen and oxygen atoms in total. The lowest BCUT2D eigenvalue weighted by Gasteiger charge is -2.31. The fraction of sp³-hybridized carbons (Fsp3) is 0.552. The zero-order chi connectivity index (χ0) is 25.1. The van der Waals surface area contributed by atoms with Gasteiger partial charge in [-0.3, -0.25) is 4.79 Å². The van der Waals surface area contributed by atoms with E-state index in [9.17, 15) is 4.79 Å². The zero-order valence-corrected chi connectivity index (χ0v) is 22.9. The minimum absolute atomic E-state index is 0.0212. The number of aldehydes is 1. The van der Waals surface area contributed by atoms with Crippen molar-refractivity contribution >= 4 is 24.6 Å². The van der Waals surface area contributed by atoms with E-state index >= 15 is 0 Å². The first kappa shape index (κ1) is 29.1. The minimum Gasteiger partial charge on any atom is -0.483 e. The molecule has 0 aromatic heterocycles. The van der Waals surface area contributed by atoms with Gasteiger partial charge in [0.25, 0.3) is 0 Å². The zero-order valence-electron chi connectivity index (χ0n) is 22.0. The molecule has 0 amide bonds. The molecule has 0 saturated heterocycles. The first-order chi connectivity index (χ1) is 15.6. The summed E-state index contributed by atoms with van der Waals surface area (Å²) in [4.78, 5) is 12.4. The van der Waals surface area contributed by atoms with E-state index in [-0.39, 0.29) is 16.9 Å². The molecule has 1 atom stereocenters. The predicted molar refractivity (Wildman–Crippen MR) is 146 cm³/mol. The standard InChI is InChI=1S/C22H36O2.C7H9NS/c1-8-11-12-18(16-23)24-20-14-13-17(21(4,5)9-2)15-19(20)22(6,7)10-3;1-8-6-4-2-3-5-7(6)9/h13-16,18H,8-12H2,1-7H3;2-5,8-9H,1H3. The fourth-order valence-corrected chi connectivity index (χ4v) is 3.66. The second-order valence-corrected chi connectivity index (χ2v) is 10.4. The van der Waals surface area contributed by atoms with Crippen LogP contribution in [0, 0.1) is 0 Å². The minimum atomic E-state index is -0.346. The van der Waals surface area contributed by atoms with Crippen LogP contribution in [0.15, 0.2) is 47.4 Å². The number of carbonyl (C=O) groups excluding carboxylic acids is 1. The summed E-state index contributed by atoms with van der Waals surface area (Å²) in [6.07, 6.45) is 5.59. The average Bonchev–Trinajstić information content (AvgIpc) is 2.82. The van der Waals surface area contributed by atoms with Gasteiger partial charge in [0, 0.05) is 23.2 Å². The van der Waals surface area contributed by atoms with Gasteiger partial charge in [0.05, 0.1) is 0 Å². The summed E-state index contributed by atoms with van der Waals surface area (Å²) < 4.78 is 6.12. The van der Waals surface area contributed by atoms with Crippen LogP contribution in [0.1, 0.15) is 91.7 Å². The molecule has 33 heavy (non-hydrogen) atoms. The molecule has 0 bridgehead atoms. The molecule has 0 aliphatic carbocycles. The number of nitrogens with one attached hydrogen (secondary N) is 1. The Bertz CT molecular complexity index is 860. The van der Waals surface area contributed by atoms with Crippen molar-refractivity contribution < 1.29 is 9.53 Å². The monoisotopic (exact) mass is 471 g/mol. The van der Waals surface area contributed by atoms with Crippen LogP contribution in [0.3, 0.4) is 0 Å². The number of para-hydroxylation sites is 1. The third-order valence-corrected chi connectivity index (χ3v) is 7.09. The maximum Gasteiger partial charge on any atom is 0.160 e. The maximum atomic E-state index is 11.4. The highest BCUT2D eigenvalue weighted by Gasteiger charge is 2.27. The molecular formula is C29H45NO2S. The molecule has 0 saturated carbocycles. The summed E-state index contributed by atoms with van der Waals surface area (Å²) in [6.45, 7) is 15.6. The van der Waals surface area contributed by atoms with Gasteiger partial charge in [0.15, 0.2) is 12.4 Å². The lowest BCUT2D eigenvalue weighted by Crippen LogP contribution is -2.24. The molecule has 0 radical (unpaired) electrons. The summed E-state index contributed by atoms with van der Waals surface area (Å²) in [5.41, 5.74) is 3.79. The smallest absolute Gasteiger partial charge is 0.160 e. The molecule has 0 heterocycles. The second-order valence-electron chi connectivity index (χ2n) is 9.89. The largest absolute Gasteiger partial charge is 0.483 e. The van der Waals surface area contributed by atoms with Crippen LogP contribution < -0.4 is 10.1 Å². The Morgan fingerprint density at radius 1 is 1.00 bits per heavy atom. The molecule has 0 spiro atoms. The van der Waals surface area contributed by atoms with Gasteiger partial charge in [-0.1, -0.05) is 79.2 Å². The van der Waals surface area contributed by atoms with Crippen molar-refractivity contribution in [3.8, 4) is 5.75 Å². The van der Waals surface area contributed by atoms with Crippen molar-refractivity contribution in [3.05, 3.63) is 53.6 Å². The Hall–Kier alpha value is -1.94. The summed E-state index contributed by atoms with van der Waals surface area (Å²) in [6, 6.07) is 14.4. The van der Waals surface area contributed by atoms with Crippen LogP contribution in [0.4, 0.5) is 5.69 Å². The molecule has 2 aromatic rings. The summed E-state index contributed by atoms with van der Waals surface area (Å²) >= 11 is 4.22. The first-order valence-corrected chi connectivity index (χ1v) is 12.7. The lowest BCUT2D eigenvalue weighted by atomic mass is 9.76. The molecule has 184 valence electrons. The van der Waals surface area contributed by atoms with Crippen molar-refractivity contribution in [1.82, 2.24) is 0 Å². The normalized spacial score (nSPS) is 12.4. The van der Waals surface area contributed by atoms with E-state index in [0.717, 1.165) is 54.7 Å². The van der Waals surface area contributed by atoms with E-state index in [1.54, 1.807) is 0 Å². The summed E-state index contributed by atoms with van der Waals surface area (Å²) in [5, 5.41) is 3.02. The number of hydrogen-bond donors (Lipinski definition) is 2. The third-order valence-electron chi connectivity index (χ3n) is 6.70. The third kappa shape index (κ3) is 8.73. The number of anilines is 1. The number of ether oxygens (including phenoxy) is 1.